The van der Waals surface area contributed by atoms with Gasteiger partial charge in [0.1, 0.15) is 0 Å². The highest BCUT2D eigenvalue weighted by atomic mass is 79.9. The lowest BCUT2D eigenvalue weighted by molar-refractivity contribution is 0.855. The van der Waals surface area contributed by atoms with Crippen molar-refractivity contribution in [1.29, 1.82) is 0 Å². The molecule has 0 aliphatic carbocycles. The van der Waals surface area contributed by atoms with Gasteiger partial charge in [-0.2, -0.15) is 5.10 Å². The van der Waals surface area contributed by atoms with Crippen molar-refractivity contribution in [2.24, 2.45) is 0 Å². The molecule has 0 aliphatic rings. The molecule has 4 heteroatoms. The first-order valence-corrected chi connectivity index (χ1v) is 5.03. The fraction of sp³-hybridized carbons (Fsp3) is 0.111. The molecule has 0 aromatic carbocycles. The molecule has 2 heterocycles. The van der Waals surface area contributed by atoms with E-state index in [0.717, 1.165) is 16.7 Å². The van der Waals surface area contributed by atoms with Gasteiger partial charge in [0.2, 0.25) is 0 Å². The first kappa shape index (κ1) is 8.44. The summed E-state index contributed by atoms with van der Waals surface area (Å²) in [6.45, 7) is 0. The number of hydrogen-bond acceptors (Lipinski definition) is 2. The van der Waals surface area contributed by atoms with Crippen LogP contribution in [-0.4, -0.2) is 14.8 Å². The Balaban J connectivity index is 2.36. The van der Waals surface area contributed by atoms with Gasteiger partial charge in [-0.15, -0.1) is 0 Å². The van der Waals surface area contributed by atoms with E-state index in [0.29, 0.717) is 0 Å². The Labute approximate surface area is 84.5 Å². The average molecular weight is 238 g/mol. The maximum Gasteiger partial charge on any atom is 0.0828 e. The number of halogens is 1. The first-order valence-electron chi connectivity index (χ1n) is 3.91. The van der Waals surface area contributed by atoms with Gasteiger partial charge in [-0.1, -0.05) is 15.9 Å². The van der Waals surface area contributed by atoms with E-state index in [2.05, 4.69) is 26.0 Å². The zero-order valence-electron chi connectivity index (χ0n) is 6.89. The van der Waals surface area contributed by atoms with E-state index in [9.17, 15) is 0 Å². The van der Waals surface area contributed by atoms with Gasteiger partial charge in [0.05, 0.1) is 17.6 Å². The van der Waals surface area contributed by atoms with Gasteiger partial charge in [0.15, 0.2) is 0 Å². The van der Waals surface area contributed by atoms with Crippen LogP contribution in [0.1, 0.15) is 5.69 Å². The predicted molar refractivity (Wildman–Crippen MR) is 54.0 cm³/mol. The largest absolute Gasteiger partial charge is 0.262 e. The molecule has 0 saturated heterocycles. The van der Waals surface area contributed by atoms with E-state index >= 15 is 0 Å². The molecular weight excluding hydrogens is 230 g/mol. The minimum absolute atomic E-state index is 0.778. The number of nitrogens with zero attached hydrogens (tertiary/aromatic N) is 3. The zero-order chi connectivity index (χ0) is 9.10. The SMILES string of the molecule is BrCc1ccn(-c2cccnc2)n1. The van der Waals surface area contributed by atoms with Crippen LogP contribution in [0.3, 0.4) is 0 Å². The molecular formula is C9H8BrN3. The minimum Gasteiger partial charge on any atom is -0.262 e. The molecule has 0 spiro atoms. The summed E-state index contributed by atoms with van der Waals surface area (Å²) in [5.74, 6) is 0. The summed E-state index contributed by atoms with van der Waals surface area (Å²) in [6, 6.07) is 5.84. The zero-order valence-corrected chi connectivity index (χ0v) is 8.48. The standard InChI is InChI=1S/C9H8BrN3/c10-6-8-3-5-13(12-8)9-2-1-4-11-7-9/h1-5,7H,6H2. The average Bonchev–Trinajstić information content (AvgIpc) is 2.67. The molecule has 0 radical (unpaired) electrons. The Morgan fingerprint density at radius 3 is 2.92 bits per heavy atom. The van der Waals surface area contributed by atoms with E-state index in [-0.39, 0.29) is 0 Å². The van der Waals surface area contributed by atoms with Gasteiger partial charge < -0.3 is 0 Å². The molecule has 3 nitrogen and oxygen atoms in total. The lowest BCUT2D eigenvalue weighted by atomic mass is 10.4. The maximum atomic E-state index is 4.33. The summed E-state index contributed by atoms with van der Waals surface area (Å²) in [7, 11) is 0. The van der Waals surface area contributed by atoms with Crippen LogP contribution in [0.2, 0.25) is 0 Å². The van der Waals surface area contributed by atoms with Gasteiger partial charge in [0.25, 0.3) is 0 Å². The second-order valence-corrected chi connectivity index (χ2v) is 3.16. The van der Waals surface area contributed by atoms with Crippen molar-refractivity contribution >= 4 is 15.9 Å². The topological polar surface area (TPSA) is 30.7 Å². The maximum absolute atomic E-state index is 4.33. The van der Waals surface area contributed by atoms with Crippen LogP contribution in [0.25, 0.3) is 5.69 Å². The van der Waals surface area contributed by atoms with Gasteiger partial charge in [-0.05, 0) is 18.2 Å². The van der Waals surface area contributed by atoms with Crippen molar-refractivity contribution < 1.29 is 0 Å². The summed E-state index contributed by atoms with van der Waals surface area (Å²) in [6.07, 6.45) is 5.46. The summed E-state index contributed by atoms with van der Waals surface area (Å²) < 4.78 is 1.81. The number of aromatic nitrogens is 3. The first-order chi connectivity index (χ1) is 6.40. The Morgan fingerprint density at radius 2 is 2.31 bits per heavy atom. The number of pyridine rings is 1. The summed E-state index contributed by atoms with van der Waals surface area (Å²) in [5.41, 5.74) is 2.00. The molecule has 0 amide bonds. The molecule has 66 valence electrons. The third kappa shape index (κ3) is 1.78. The molecule has 0 aliphatic heterocycles. The van der Waals surface area contributed by atoms with Crippen molar-refractivity contribution in [3.63, 3.8) is 0 Å². The highest BCUT2D eigenvalue weighted by Crippen LogP contribution is 2.07. The number of rotatable bonds is 2. The lowest BCUT2D eigenvalue weighted by Crippen LogP contribution is -1.95. The normalized spacial score (nSPS) is 10.2. The van der Waals surface area contributed by atoms with Crippen molar-refractivity contribution in [1.82, 2.24) is 14.8 Å². The quantitative estimate of drug-likeness (QED) is 0.750. The highest BCUT2D eigenvalue weighted by molar-refractivity contribution is 9.08. The van der Waals surface area contributed by atoms with Crippen molar-refractivity contribution in [3.05, 3.63) is 42.5 Å². The van der Waals surface area contributed by atoms with E-state index in [1.807, 2.05) is 29.1 Å². The molecule has 2 aromatic rings. The smallest absolute Gasteiger partial charge is 0.0828 e. The van der Waals surface area contributed by atoms with Gasteiger partial charge in [-0.25, -0.2) is 4.68 Å². The van der Waals surface area contributed by atoms with E-state index in [1.165, 1.54) is 0 Å². The third-order valence-corrected chi connectivity index (χ3v) is 2.27. The third-order valence-electron chi connectivity index (χ3n) is 1.69. The van der Waals surface area contributed by atoms with Gasteiger partial charge in [0, 0.05) is 17.7 Å². The van der Waals surface area contributed by atoms with E-state index in [4.69, 9.17) is 0 Å². The Kier molecular flexibility index (Phi) is 2.40. The van der Waals surface area contributed by atoms with Crippen LogP contribution in [-0.2, 0) is 5.33 Å². The van der Waals surface area contributed by atoms with Crippen LogP contribution in [0, 0.1) is 0 Å². The molecule has 0 bridgehead atoms. The van der Waals surface area contributed by atoms with Crippen LogP contribution in [0.15, 0.2) is 36.8 Å². The second-order valence-electron chi connectivity index (χ2n) is 2.60. The molecule has 0 fully saturated rings. The monoisotopic (exact) mass is 237 g/mol. The molecule has 2 aromatic heterocycles. The fourth-order valence-corrected chi connectivity index (χ4v) is 1.37. The predicted octanol–water partition coefficient (Wildman–Crippen LogP) is 2.16. The van der Waals surface area contributed by atoms with E-state index in [1.54, 1.807) is 12.4 Å². The lowest BCUT2D eigenvalue weighted by Gasteiger charge is -1.98. The molecule has 0 saturated carbocycles. The van der Waals surface area contributed by atoms with Gasteiger partial charge in [-0.3, -0.25) is 4.98 Å². The number of alkyl halides is 1. The molecule has 13 heavy (non-hydrogen) atoms. The molecule has 0 atom stereocenters. The van der Waals surface area contributed by atoms with Crippen molar-refractivity contribution in [2.75, 3.05) is 0 Å². The summed E-state index contributed by atoms with van der Waals surface area (Å²) >= 11 is 3.35. The summed E-state index contributed by atoms with van der Waals surface area (Å²) in [5, 5.41) is 5.11. The molecule has 2 rings (SSSR count). The number of hydrogen-bond donors (Lipinski definition) is 0. The Morgan fingerprint density at radius 1 is 1.38 bits per heavy atom. The van der Waals surface area contributed by atoms with Crippen LogP contribution < -0.4 is 0 Å². The molecule has 0 unspecified atom stereocenters. The van der Waals surface area contributed by atoms with Crippen LogP contribution in [0.5, 0.6) is 0 Å². The van der Waals surface area contributed by atoms with Crippen LogP contribution in [0.4, 0.5) is 0 Å². The van der Waals surface area contributed by atoms with Crippen molar-refractivity contribution in [3.8, 4) is 5.69 Å². The second kappa shape index (κ2) is 3.70. The van der Waals surface area contributed by atoms with Gasteiger partial charge >= 0.3 is 0 Å². The molecule has 0 N–H and O–H groups in total. The summed E-state index contributed by atoms with van der Waals surface area (Å²) in [4.78, 5) is 4.02. The minimum atomic E-state index is 0.778. The fourth-order valence-electron chi connectivity index (χ4n) is 1.07. The Bertz CT molecular complexity index is 383. The van der Waals surface area contributed by atoms with Crippen molar-refractivity contribution in [2.45, 2.75) is 5.33 Å². The highest BCUT2D eigenvalue weighted by Gasteiger charge is 1.98. The van der Waals surface area contributed by atoms with Crippen LogP contribution >= 0.6 is 15.9 Å². The van der Waals surface area contributed by atoms with E-state index < -0.39 is 0 Å². The Hall–Kier alpha value is -1.16.